The SMILES string of the molecule is Cl.O=C(c1ccc(Nc2ccccc2)c([N+](=O)[O-])c1)N1CCC(NCC2CC2)CC1. The molecule has 8 heteroatoms. The van der Waals surface area contributed by atoms with Crippen LogP contribution in [0.1, 0.15) is 36.0 Å². The molecule has 1 aliphatic heterocycles. The lowest BCUT2D eigenvalue weighted by molar-refractivity contribution is -0.383. The number of rotatable bonds is 7. The Morgan fingerprint density at radius 2 is 1.77 bits per heavy atom. The van der Waals surface area contributed by atoms with Gasteiger partial charge in [0.15, 0.2) is 0 Å². The molecule has 0 radical (unpaired) electrons. The van der Waals surface area contributed by atoms with Gasteiger partial charge < -0.3 is 15.5 Å². The van der Waals surface area contributed by atoms with Crippen LogP contribution < -0.4 is 10.6 Å². The Morgan fingerprint density at radius 1 is 1.07 bits per heavy atom. The molecule has 0 spiro atoms. The fourth-order valence-electron chi connectivity index (χ4n) is 3.72. The lowest BCUT2D eigenvalue weighted by Gasteiger charge is -2.32. The molecule has 1 amide bonds. The van der Waals surface area contributed by atoms with Crippen molar-refractivity contribution in [2.24, 2.45) is 5.92 Å². The van der Waals surface area contributed by atoms with E-state index in [1.54, 1.807) is 17.0 Å². The molecule has 2 fully saturated rings. The molecule has 2 aliphatic rings. The van der Waals surface area contributed by atoms with Gasteiger partial charge in [-0.3, -0.25) is 14.9 Å². The van der Waals surface area contributed by atoms with Crippen LogP contribution in [-0.4, -0.2) is 41.4 Å². The number of hydrogen-bond acceptors (Lipinski definition) is 5. The van der Waals surface area contributed by atoms with E-state index in [4.69, 9.17) is 0 Å². The fraction of sp³-hybridized carbons (Fsp3) is 0.409. The number of likely N-dealkylation sites (tertiary alicyclic amines) is 1. The Hall–Kier alpha value is -2.64. The number of benzene rings is 2. The van der Waals surface area contributed by atoms with Gasteiger partial charge in [0.1, 0.15) is 5.69 Å². The maximum Gasteiger partial charge on any atom is 0.293 e. The van der Waals surface area contributed by atoms with Crippen molar-refractivity contribution >= 4 is 35.4 Å². The molecule has 4 rings (SSSR count). The van der Waals surface area contributed by atoms with Crippen LogP contribution in [0.4, 0.5) is 17.1 Å². The molecule has 1 saturated carbocycles. The number of anilines is 2. The zero-order valence-electron chi connectivity index (χ0n) is 16.8. The van der Waals surface area contributed by atoms with E-state index < -0.39 is 4.92 Å². The van der Waals surface area contributed by atoms with E-state index in [1.165, 1.54) is 18.9 Å². The van der Waals surface area contributed by atoms with Gasteiger partial charge in [-0.05, 0) is 62.4 Å². The maximum absolute atomic E-state index is 12.9. The van der Waals surface area contributed by atoms with E-state index in [1.807, 2.05) is 30.3 Å². The Kier molecular flexibility index (Phi) is 7.29. The zero-order chi connectivity index (χ0) is 20.2. The average molecular weight is 431 g/mol. The monoisotopic (exact) mass is 430 g/mol. The highest BCUT2D eigenvalue weighted by Gasteiger charge is 2.27. The number of halogens is 1. The van der Waals surface area contributed by atoms with Gasteiger partial charge in [0.2, 0.25) is 0 Å². The first-order valence-corrected chi connectivity index (χ1v) is 10.2. The summed E-state index contributed by atoms with van der Waals surface area (Å²) in [6.45, 7) is 2.44. The fourth-order valence-corrected chi connectivity index (χ4v) is 3.72. The van der Waals surface area contributed by atoms with E-state index in [2.05, 4.69) is 10.6 Å². The van der Waals surface area contributed by atoms with Crippen LogP contribution in [0.3, 0.4) is 0 Å². The van der Waals surface area contributed by atoms with Crippen molar-refractivity contribution in [2.45, 2.75) is 31.7 Å². The first-order valence-electron chi connectivity index (χ1n) is 10.2. The third-order valence-electron chi connectivity index (χ3n) is 5.67. The highest BCUT2D eigenvalue weighted by molar-refractivity contribution is 5.96. The van der Waals surface area contributed by atoms with Crippen molar-refractivity contribution in [1.82, 2.24) is 10.2 Å². The van der Waals surface area contributed by atoms with Crippen molar-refractivity contribution in [3.8, 4) is 0 Å². The van der Waals surface area contributed by atoms with Crippen molar-refractivity contribution in [3.63, 3.8) is 0 Å². The standard InChI is InChI=1S/C22H26N4O3.ClH/c27-22(25-12-10-18(11-13-25)23-15-16-6-7-16)17-8-9-20(21(14-17)26(28)29)24-19-4-2-1-3-5-19;/h1-5,8-9,14,16,18,23-24H,6-7,10-13,15H2;1H. The Balaban J connectivity index is 0.00000256. The van der Waals surface area contributed by atoms with Gasteiger partial charge in [-0.1, -0.05) is 18.2 Å². The molecule has 0 unspecified atom stereocenters. The first kappa shape index (κ1) is 22.1. The highest BCUT2D eigenvalue weighted by Crippen LogP contribution is 2.30. The van der Waals surface area contributed by atoms with E-state index in [9.17, 15) is 14.9 Å². The molecule has 30 heavy (non-hydrogen) atoms. The Labute approximate surface area is 182 Å². The van der Waals surface area contributed by atoms with Gasteiger partial charge in [0, 0.05) is 36.4 Å². The van der Waals surface area contributed by atoms with Crippen molar-refractivity contribution < 1.29 is 9.72 Å². The second-order valence-corrected chi connectivity index (χ2v) is 7.90. The summed E-state index contributed by atoms with van der Waals surface area (Å²) in [5.74, 6) is 0.707. The number of nitro groups is 1. The molecule has 0 atom stereocenters. The van der Waals surface area contributed by atoms with Crippen LogP contribution in [0.5, 0.6) is 0 Å². The van der Waals surface area contributed by atoms with Crippen LogP contribution in [0.25, 0.3) is 0 Å². The van der Waals surface area contributed by atoms with Gasteiger partial charge in [-0.25, -0.2) is 0 Å². The summed E-state index contributed by atoms with van der Waals surface area (Å²) in [4.78, 5) is 25.8. The number of para-hydroxylation sites is 1. The van der Waals surface area contributed by atoms with E-state index in [-0.39, 0.29) is 24.0 Å². The lowest BCUT2D eigenvalue weighted by Crippen LogP contribution is -2.45. The molecule has 2 aromatic carbocycles. The van der Waals surface area contributed by atoms with Gasteiger partial charge in [-0.2, -0.15) is 0 Å². The number of piperidine rings is 1. The second kappa shape index (κ2) is 9.91. The predicted octanol–water partition coefficient (Wildman–Crippen LogP) is 4.36. The average Bonchev–Trinajstić information content (AvgIpc) is 3.57. The molecule has 1 heterocycles. The lowest BCUT2D eigenvalue weighted by atomic mass is 10.0. The number of carbonyl (C=O) groups is 1. The number of nitro benzene ring substituents is 1. The largest absolute Gasteiger partial charge is 0.350 e. The summed E-state index contributed by atoms with van der Waals surface area (Å²) in [6, 6.07) is 14.4. The quantitative estimate of drug-likeness (QED) is 0.503. The van der Waals surface area contributed by atoms with Crippen molar-refractivity contribution in [3.05, 3.63) is 64.2 Å². The van der Waals surface area contributed by atoms with E-state index >= 15 is 0 Å². The van der Waals surface area contributed by atoms with Gasteiger partial charge >= 0.3 is 0 Å². The third-order valence-corrected chi connectivity index (χ3v) is 5.67. The van der Waals surface area contributed by atoms with Crippen LogP contribution in [0.2, 0.25) is 0 Å². The molecule has 7 nitrogen and oxygen atoms in total. The molecule has 1 aliphatic carbocycles. The molecular formula is C22H27ClN4O3. The minimum Gasteiger partial charge on any atom is -0.350 e. The Bertz CT molecular complexity index is 881. The third kappa shape index (κ3) is 5.49. The Morgan fingerprint density at radius 3 is 2.40 bits per heavy atom. The zero-order valence-corrected chi connectivity index (χ0v) is 17.6. The summed E-state index contributed by atoms with van der Waals surface area (Å²) in [6.07, 6.45) is 4.51. The van der Waals surface area contributed by atoms with Crippen LogP contribution in [-0.2, 0) is 0 Å². The van der Waals surface area contributed by atoms with Crippen molar-refractivity contribution in [1.29, 1.82) is 0 Å². The van der Waals surface area contributed by atoms with Crippen LogP contribution in [0, 0.1) is 16.0 Å². The van der Waals surface area contributed by atoms with E-state index in [0.717, 1.165) is 31.0 Å². The van der Waals surface area contributed by atoms with Crippen LogP contribution in [0.15, 0.2) is 48.5 Å². The predicted molar refractivity (Wildman–Crippen MR) is 120 cm³/mol. The van der Waals surface area contributed by atoms with Crippen molar-refractivity contribution in [2.75, 3.05) is 25.0 Å². The number of nitrogens with zero attached hydrogens (tertiary/aromatic N) is 2. The molecule has 160 valence electrons. The minimum atomic E-state index is -0.448. The molecule has 2 N–H and O–H groups in total. The smallest absolute Gasteiger partial charge is 0.293 e. The van der Waals surface area contributed by atoms with Gasteiger partial charge in [0.05, 0.1) is 4.92 Å². The molecule has 2 aromatic rings. The van der Waals surface area contributed by atoms with E-state index in [0.29, 0.717) is 30.4 Å². The van der Waals surface area contributed by atoms with Crippen LogP contribution >= 0.6 is 12.4 Å². The normalized spacial score (nSPS) is 16.6. The van der Waals surface area contributed by atoms with Gasteiger partial charge in [0.25, 0.3) is 11.6 Å². The molecule has 1 saturated heterocycles. The summed E-state index contributed by atoms with van der Waals surface area (Å²) >= 11 is 0. The number of amides is 1. The summed E-state index contributed by atoms with van der Waals surface area (Å²) in [7, 11) is 0. The number of nitrogens with one attached hydrogen (secondary N) is 2. The topological polar surface area (TPSA) is 87.5 Å². The highest BCUT2D eigenvalue weighted by atomic mass is 35.5. The summed E-state index contributed by atoms with van der Waals surface area (Å²) in [5.41, 5.74) is 1.40. The minimum absolute atomic E-state index is 0. The maximum atomic E-state index is 12.9. The van der Waals surface area contributed by atoms with Gasteiger partial charge in [-0.15, -0.1) is 12.4 Å². The molecular weight excluding hydrogens is 404 g/mol. The summed E-state index contributed by atoms with van der Waals surface area (Å²) < 4.78 is 0. The number of hydrogen-bond donors (Lipinski definition) is 2. The second-order valence-electron chi connectivity index (χ2n) is 7.90. The number of carbonyl (C=O) groups excluding carboxylic acids is 1. The first-order chi connectivity index (χ1) is 14.1. The molecule has 0 aromatic heterocycles. The summed E-state index contributed by atoms with van der Waals surface area (Å²) in [5, 5.41) is 18.2. The molecule has 0 bridgehead atoms.